The first-order chi connectivity index (χ1) is 15.6. The molecule has 1 aromatic heterocycles. The quantitative estimate of drug-likeness (QED) is 0.421. The van der Waals surface area contributed by atoms with Gasteiger partial charge in [-0.3, -0.25) is 4.79 Å². The van der Waals surface area contributed by atoms with E-state index in [0.29, 0.717) is 5.69 Å². The van der Waals surface area contributed by atoms with Crippen LogP contribution in [0.15, 0.2) is 53.1 Å². The molecule has 0 radical (unpaired) electrons. The Bertz CT molecular complexity index is 1180. The molecule has 11 heteroatoms. The van der Waals surface area contributed by atoms with Gasteiger partial charge in [-0.25, -0.2) is 18.4 Å². The monoisotopic (exact) mass is 458 g/mol. The third kappa shape index (κ3) is 5.91. The van der Waals surface area contributed by atoms with Crippen LogP contribution in [0.1, 0.15) is 24.4 Å². The highest BCUT2D eigenvalue weighted by Crippen LogP contribution is 2.25. The number of benzene rings is 2. The second-order valence-corrected chi connectivity index (χ2v) is 7.39. The number of hydrogen-bond donors (Lipinski definition) is 4. The lowest BCUT2D eigenvalue weighted by Crippen LogP contribution is -2.44. The van der Waals surface area contributed by atoms with E-state index >= 15 is 0 Å². The first kappa shape index (κ1) is 23.4. The summed E-state index contributed by atoms with van der Waals surface area (Å²) in [7, 11) is 0. The predicted molar refractivity (Wildman–Crippen MR) is 115 cm³/mol. The number of hydrogen-bond acceptors (Lipinski definition) is 5. The topological polar surface area (TPSA) is 134 Å². The van der Waals surface area contributed by atoms with E-state index in [1.54, 1.807) is 13.8 Å². The summed E-state index contributed by atoms with van der Waals surface area (Å²) in [6.45, 7) is 3.27. The van der Waals surface area contributed by atoms with Crippen molar-refractivity contribution in [1.82, 2.24) is 10.5 Å². The number of carbonyl (C=O) groups is 3. The molecule has 172 valence electrons. The SMILES string of the molecule is CC(C)C(NC(=O)c1cc(-c2ccc(NC(=O)Nc3ccc(F)cc3)cc2F)no1)C(=O)O. The van der Waals surface area contributed by atoms with Gasteiger partial charge >= 0.3 is 12.0 Å². The molecule has 0 bridgehead atoms. The van der Waals surface area contributed by atoms with Crippen molar-refractivity contribution >= 4 is 29.3 Å². The predicted octanol–water partition coefficient (Wildman–Crippen LogP) is 4.10. The minimum absolute atomic E-state index is 0.000868. The maximum absolute atomic E-state index is 14.6. The van der Waals surface area contributed by atoms with Crippen molar-refractivity contribution in [3.63, 3.8) is 0 Å². The Morgan fingerprint density at radius 3 is 2.21 bits per heavy atom. The Kier molecular flexibility index (Phi) is 7.01. The molecule has 3 amide bonds. The van der Waals surface area contributed by atoms with Gasteiger partial charge in [0.2, 0.25) is 5.76 Å². The molecule has 3 rings (SSSR count). The van der Waals surface area contributed by atoms with Crippen LogP contribution in [0, 0.1) is 17.6 Å². The third-order valence-electron chi connectivity index (χ3n) is 4.56. The van der Waals surface area contributed by atoms with E-state index in [2.05, 4.69) is 21.1 Å². The number of nitrogens with zero attached hydrogens (tertiary/aromatic N) is 1. The molecule has 9 nitrogen and oxygen atoms in total. The fraction of sp³-hybridized carbons (Fsp3) is 0.182. The summed E-state index contributed by atoms with van der Waals surface area (Å²) in [6.07, 6.45) is 0. The van der Waals surface area contributed by atoms with Gasteiger partial charge in [0.25, 0.3) is 5.91 Å². The minimum Gasteiger partial charge on any atom is -0.480 e. The van der Waals surface area contributed by atoms with Crippen molar-refractivity contribution < 1.29 is 32.8 Å². The highest BCUT2D eigenvalue weighted by Gasteiger charge is 2.26. The zero-order chi connectivity index (χ0) is 24.1. The van der Waals surface area contributed by atoms with Gasteiger partial charge in [-0.1, -0.05) is 19.0 Å². The molecule has 2 aromatic carbocycles. The number of nitrogens with one attached hydrogen (secondary N) is 3. The Morgan fingerprint density at radius 1 is 0.970 bits per heavy atom. The van der Waals surface area contributed by atoms with E-state index in [0.717, 1.165) is 6.07 Å². The van der Waals surface area contributed by atoms with Crippen molar-refractivity contribution in [3.05, 3.63) is 65.9 Å². The summed E-state index contributed by atoms with van der Waals surface area (Å²) >= 11 is 0. The number of carbonyl (C=O) groups excluding carboxylic acids is 2. The molecule has 0 aliphatic heterocycles. The number of aromatic nitrogens is 1. The van der Waals surface area contributed by atoms with Gasteiger partial charge in [-0.2, -0.15) is 0 Å². The maximum atomic E-state index is 14.6. The molecule has 1 atom stereocenters. The van der Waals surface area contributed by atoms with E-state index in [9.17, 15) is 28.3 Å². The van der Waals surface area contributed by atoms with E-state index < -0.39 is 35.6 Å². The molecule has 0 aliphatic carbocycles. The zero-order valence-corrected chi connectivity index (χ0v) is 17.6. The van der Waals surface area contributed by atoms with Crippen LogP contribution in [0.25, 0.3) is 11.3 Å². The minimum atomic E-state index is -1.20. The Balaban J connectivity index is 1.68. The van der Waals surface area contributed by atoms with Crippen molar-refractivity contribution in [2.45, 2.75) is 19.9 Å². The van der Waals surface area contributed by atoms with Crippen LogP contribution in [0.5, 0.6) is 0 Å². The van der Waals surface area contributed by atoms with Crippen LogP contribution < -0.4 is 16.0 Å². The summed E-state index contributed by atoms with van der Waals surface area (Å²) < 4.78 is 32.5. The molecule has 0 spiro atoms. The second kappa shape index (κ2) is 9.90. The molecule has 0 saturated heterocycles. The maximum Gasteiger partial charge on any atom is 0.326 e. The highest BCUT2D eigenvalue weighted by atomic mass is 19.1. The number of carboxylic acid groups (broad SMARTS) is 1. The molecule has 33 heavy (non-hydrogen) atoms. The van der Waals surface area contributed by atoms with Crippen LogP contribution >= 0.6 is 0 Å². The average molecular weight is 458 g/mol. The summed E-state index contributed by atoms with van der Waals surface area (Å²) in [4.78, 5) is 35.5. The molecule has 0 aliphatic rings. The Hall–Kier alpha value is -4.28. The lowest BCUT2D eigenvalue weighted by atomic mass is 10.0. The van der Waals surface area contributed by atoms with Gasteiger partial charge in [-0.15, -0.1) is 0 Å². The second-order valence-electron chi connectivity index (χ2n) is 7.39. The first-order valence-electron chi connectivity index (χ1n) is 9.78. The lowest BCUT2D eigenvalue weighted by Gasteiger charge is -2.16. The van der Waals surface area contributed by atoms with E-state index in [-0.39, 0.29) is 28.6 Å². The molecule has 1 unspecified atom stereocenters. The third-order valence-corrected chi connectivity index (χ3v) is 4.56. The number of anilines is 2. The fourth-order valence-corrected chi connectivity index (χ4v) is 2.86. The molecular weight excluding hydrogens is 438 g/mol. The van der Waals surface area contributed by atoms with Crippen LogP contribution in [0.3, 0.4) is 0 Å². The number of halogens is 2. The van der Waals surface area contributed by atoms with Gasteiger partial charge in [-0.05, 0) is 48.4 Å². The summed E-state index contributed by atoms with van der Waals surface area (Å²) in [6, 6.07) is 8.29. The van der Waals surface area contributed by atoms with Crippen molar-refractivity contribution in [1.29, 1.82) is 0 Å². The molecule has 1 heterocycles. The summed E-state index contributed by atoms with van der Waals surface area (Å²) in [5.41, 5.74) is 0.498. The number of amides is 3. The Labute approximate surface area is 186 Å². The molecule has 0 fully saturated rings. The molecule has 3 aromatic rings. The Morgan fingerprint density at radius 2 is 1.61 bits per heavy atom. The van der Waals surface area contributed by atoms with E-state index in [1.807, 2.05) is 0 Å². The number of urea groups is 1. The van der Waals surface area contributed by atoms with E-state index in [1.165, 1.54) is 42.5 Å². The normalized spacial score (nSPS) is 11.7. The number of carboxylic acids is 1. The van der Waals surface area contributed by atoms with E-state index in [4.69, 9.17) is 4.52 Å². The molecular formula is C22H20F2N4O5. The van der Waals surface area contributed by atoms with Crippen molar-refractivity contribution in [2.75, 3.05) is 10.6 Å². The van der Waals surface area contributed by atoms with Crippen molar-refractivity contribution in [2.24, 2.45) is 5.92 Å². The zero-order valence-electron chi connectivity index (χ0n) is 17.6. The van der Waals surface area contributed by atoms with Crippen molar-refractivity contribution in [3.8, 4) is 11.3 Å². The molecule has 0 saturated carbocycles. The van der Waals surface area contributed by atoms with Gasteiger partial charge in [0.15, 0.2) is 0 Å². The number of rotatable bonds is 7. The van der Waals surface area contributed by atoms with Gasteiger partial charge < -0.3 is 25.6 Å². The number of aliphatic carboxylic acids is 1. The van der Waals surface area contributed by atoms with Gasteiger partial charge in [0.05, 0.1) is 0 Å². The van der Waals surface area contributed by atoms with Crippen LogP contribution in [-0.2, 0) is 4.79 Å². The molecule has 4 N–H and O–H groups in total. The van der Waals surface area contributed by atoms with Crippen LogP contribution in [0.4, 0.5) is 25.0 Å². The highest BCUT2D eigenvalue weighted by molar-refractivity contribution is 6.00. The smallest absolute Gasteiger partial charge is 0.326 e. The summed E-state index contributed by atoms with van der Waals surface area (Å²) in [5, 5.41) is 20.1. The van der Waals surface area contributed by atoms with Gasteiger partial charge in [0, 0.05) is 23.0 Å². The summed E-state index contributed by atoms with van der Waals surface area (Å²) in [5.74, 6) is -3.85. The van der Waals surface area contributed by atoms with Gasteiger partial charge in [0.1, 0.15) is 23.4 Å². The van der Waals surface area contributed by atoms with Crippen LogP contribution in [-0.4, -0.2) is 34.2 Å². The lowest BCUT2D eigenvalue weighted by molar-refractivity contribution is -0.140. The average Bonchev–Trinajstić information content (AvgIpc) is 3.23. The first-order valence-corrected chi connectivity index (χ1v) is 9.78. The fourth-order valence-electron chi connectivity index (χ4n) is 2.86. The van der Waals surface area contributed by atoms with Crippen LogP contribution in [0.2, 0.25) is 0 Å². The standard InChI is InChI=1S/C22H20F2N4O5/c1-11(2)19(21(30)31)27-20(29)18-10-17(28-33-18)15-8-7-14(9-16(15)24)26-22(32)25-13-5-3-12(23)4-6-13/h3-11,19H,1-2H3,(H,27,29)(H,30,31)(H2,25,26,32). The largest absolute Gasteiger partial charge is 0.480 e.